The van der Waals surface area contributed by atoms with Crippen LogP contribution in [0, 0.1) is 18.3 Å². The van der Waals surface area contributed by atoms with Crippen molar-refractivity contribution in [2.75, 3.05) is 12.4 Å². The Morgan fingerprint density at radius 1 is 1.06 bits per heavy atom. The number of hydrogen-bond acceptors (Lipinski definition) is 6. The van der Waals surface area contributed by atoms with Crippen LogP contribution in [0.2, 0.25) is 0 Å². The topological polar surface area (TPSA) is 105 Å². The number of nitriles is 1. The van der Waals surface area contributed by atoms with E-state index in [1.165, 1.54) is 43.5 Å². The number of hydrogen-bond donors (Lipinski definition) is 1. The van der Waals surface area contributed by atoms with Gasteiger partial charge in [-0.25, -0.2) is 0 Å². The second-order valence-corrected chi connectivity index (χ2v) is 9.00. The molecule has 0 aliphatic heterocycles. The van der Waals surface area contributed by atoms with Crippen LogP contribution >= 0.6 is 0 Å². The minimum Gasteiger partial charge on any atom is -0.497 e. The highest BCUT2D eigenvalue weighted by molar-refractivity contribution is 7.87. The maximum absolute atomic E-state index is 13.0. The Kier molecular flexibility index (Phi) is 7.70. The molecule has 0 bridgehead atoms. The molecule has 186 valence electrons. The number of halogens is 3. The first-order valence-corrected chi connectivity index (χ1v) is 11.6. The minimum atomic E-state index is -4.62. The second kappa shape index (κ2) is 10.5. The van der Waals surface area contributed by atoms with Gasteiger partial charge < -0.3 is 14.2 Å². The van der Waals surface area contributed by atoms with E-state index in [0.29, 0.717) is 0 Å². The third kappa shape index (κ3) is 6.43. The van der Waals surface area contributed by atoms with E-state index in [1.807, 2.05) is 0 Å². The molecule has 0 aliphatic rings. The number of nitrogens with zero attached hydrogens (tertiary/aromatic N) is 1. The van der Waals surface area contributed by atoms with Crippen molar-refractivity contribution >= 4 is 27.8 Å². The molecule has 0 saturated carbocycles. The van der Waals surface area contributed by atoms with Crippen LogP contribution in [0.1, 0.15) is 16.7 Å². The van der Waals surface area contributed by atoms with Crippen LogP contribution < -0.4 is 14.2 Å². The van der Waals surface area contributed by atoms with Crippen molar-refractivity contribution in [3.63, 3.8) is 0 Å². The van der Waals surface area contributed by atoms with Gasteiger partial charge in [0.2, 0.25) is 0 Å². The largest absolute Gasteiger partial charge is 0.497 e. The average molecular weight is 516 g/mol. The van der Waals surface area contributed by atoms with E-state index < -0.39 is 33.3 Å². The molecule has 1 N–H and O–H groups in total. The van der Waals surface area contributed by atoms with E-state index in [2.05, 4.69) is 5.32 Å². The number of aryl methyl sites for hydroxylation is 1. The Morgan fingerprint density at radius 2 is 1.75 bits per heavy atom. The number of benzene rings is 3. The maximum Gasteiger partial charge on any atom is 0.416 e. The van der Waals surface area contributed by atoms with Gasteiger partial charge in [0.15, 0.2) is 5.75 Å². The first kappa shape index (κ1) is 26.3. The highest BCUT2D eigenvalue weighted by atomic mass is 32.2. The highest BCUT2D eigenvalue weighted by Crippen LogP contribution is 2.32. The third-order valence-corrected chi connectivity index (χ3v) is 6.09. The van der Waals surface area contributed by atoms with E-state index in [4.69, 9.17) is 8.92 Å². The number of carbonyl (C=O) groups excluding carboxylic acids is 1. The summed E-state index contributed by atoms with van der Waals surface area (Å²) in [4.78, 5) is 12.5. The number of anilines is 1. The van der Waals surface area contributed by atoms with Gasteiger partial charge >= 0.3 is 16.3 Å². The normalized spacial score (nSPS) is 11.9. The average Bonchev–Trinajstić information content (AvgIpc) is 2.82. The predicted octanol–water partition coefficient (Wildman–Crippen LogP) is 5.34. The molecule has 1 amide bonds. The Morgan fingerprint density at radius 3 is 2.36 bits per heavy atom. The zero-order chi connectivity index (χ0) is 26.5. The van der Waals surface area contributed by atoms with Crippen LogP contribution in [0.15, 0.2) is 77.2 Å². The number of amides is 1. The fourth-order valence-corrected chi connectivity index (χ4v) is 3.93. The summed E-state index contributed by atoms with van der Waals surface area (Å²) in [7, 11) is -2.93. The standard InChI is InChI=1S/C25H19F3N2O5S/c1-16-6-10-22(11-7-16)36(32,33)35-23-14-21(34-2)9-8-17(23)12-18(15-29)24(31)30-20-5-3-4-19(13-20)25(26,27)28/h3-14H,1-2H3,(H,30,31)/b18-12+. The van der Waals surface area contributed by atoms with Crippen molar-refractivity contribution in [1.29, 1.82) is 5.26 Å². The fourth-order valence-electron chi connectivity index (χ4n) is 2.98. The summed E-state index contributed by atoms with van der Waals surface area (Å²) in [5.74, 6) is -0.984. The molecule has 0 spiro atoms. The quantitative estimate of drug-likeness (QED) is 0.258. The molecule has 36 heavy (non-hydrogen) atoms. The lowest BCUT2D eigenvalue weighted by Gasteiger charge is -2.12. The van der Waals surface area contributed by atoms with E-state index in [-0.39, 0.29) is 27.6 Å². The second-order valence-electron chi connectivity index (χ2n) is 7.46. The molecule has 0 saturated heterocycles. The van der Waals surface area contributed by atoms with Gasteiger partial charge in [0.25, 0.3) is 5.91 Å². The number of rotatable bonds is 7. The number of methoxy groups -OCH3 is 1. The van der Waals surface area contributed by atoms with E-state index in [9.17, 15) is 31.6 Å². The van der Waals surface area contributed by atoms with Gasteiger partial charge in [0.1, 0.15) is 22.3 Å². The summed E-state index contributed by atoms with van der Waals surface area (Å²) < 4.78 is 74.8. The Labute approximate surface area is 205 Å². The molecule has 7 nitrogen and oxygen atoms in total. The molecular formula is C25H19F3N2O5S. The maximum atomic E-state index is 13.0. The van der Waals surface area contributed by atoms with Gasteiger partial charge in [-0.05, 0) is 55.5 Å². The smallest absolute Gasteiger partial charge is 0.416 e. The van der Waals surface area contributed by atoms with Crippen LogP contribution in [0.25, 0.3) is 6.08 Å². The third-order valence-electron chi connectivity index (χ3n) is 4.84. The van der Waals surface area contributed by atoms with Crippen LogP contribution in [-0.4, -0.2) is 21.4 Å². The molecule has 3 aromatic rings. The SMILES string of the molecule is COc1ccc(/C=C(\C#N)C(=O)Nc2cccc(C(F)(F)F)c2)c(OS(=O)(=O)c2ccc(C)cc2)c1. The number of alkyl halides is 3. The molecule has 0 aliphatic carbocycles. The fraction of sp³-hybridized carbons (Fsp3) is 0.120. The van der Waals surface area contributed by atoms with Gasteiger partial charge in [-0.2, -0.15) is 26.9 Å². The molecule has 0 fully saturated rings. The van der Waals surface area contributed by atoms with Crippen molar-refractivity contribution < 1.29 is 35.3 Å². The summed E-state index contributed by atoms with van der Waals surface area (Å²) >= 11 is 0. The van der Waals surface area contributed by atoms with Crippen molar-refractivity contribution in [2.24, 2.45) is 0 Å². The molecule has 3 rings (SSSR count). The Hall–Kier alpha value is -4.30. The van der Waals surface area contributed by atoms with E-state index >= 15 is 0 Å². The van der Waals surface area contributed by atoms with Gasteiger partial charge in [0, 0.05) is 17.3 Å². The Balaban J connectivity index is 1.95. The molecule has 11 heteroatoms. The van der Waals surface area contributed by atoms with E-state index in [1.54, 1.807) is 25.1 Å². The van der Waals surface area contributed by atoms with Gasteiger partial charge in [-0.1, -0.05) is 23.8 Å². The Bertz CT molecular complexity index is 1460. The van der Waals surface area contributed by atoms with Crippen molar-refractivity contribution in [2.45, 2.75) is 18.0 Å². The lowest BCUT2D eigenvalue weighted by Crippen LogP contribution is -2.15. The molecule has 0 unspecified atom stereocenters. The highest BCUT2D eigenvalue weighted by Gasteiger charge is 2.30. The predicted molar refractivity (Wildman–Crippen MR) is 126 cm³/mol. The lowest BCUT2D eigenvalue weighted by atomic mass is 10.1. The first-order valence-electron chi connectivity index (χ1n) is 10.2. The number of nitrogens with one attached hydrogen (secondary N) is 1. The zero-order valence-electron chi connectivity index (χ0n) is 19.0. The van der Waals surface area contributed by atoms with Crippen molar-refractivity contribution in [1.82, 2.24) is 0 Å². The number of ether oxygens (including phenoxy) is 1. The van der Waals surface area contributed by atoms with Gasteiger partial charge in [-0.3, -0.25) is 4.79 Å². The summed E-state index contributed by atoms with van der Waals surface area (Å²) in [6, 6.07) is 15.6. The molecule has 0 aromatic heterocycles. The zero-order valence-corrected chi connectivity index (χ0v) is 19.8. The molecule has 0 atom stereocenters. The summed E-state index contributed by atoms with van der Waals surface area (Å²) in [6.45, 7) is 1.79. The monoisotopic (exact) mass is 516 g/mol. The van der Waals surface area contributed by atoms with Crippen LogP contribution in [0.3, 0.4) is 0 Å². The molecule has 0 heterocycles. The van der Waals surface area contributed by atoms with Crippen LogP contribution in [0.5, 0.6) is 11.5 Å². The van der Waals surface area contributed by atoms with E-state index in [0.717, 1.165) is 29.8 Å². The van der Waals surface area contributed by atoms with Crippen LogP contribution in [-0.2, 0) is 21.1 Å². The summed E-state index contributed by atoms with van der Waals surface area (Å²) in [6.07, 6.45) is -3.56. The summed E-state index contributed by atoms with van der Waals surface area (Å²) in [5.41, 5.74) is -0.777. The number of carbonyl (C=O) groups is 1. The molecule has 0 radical (unpaired) electrons. The molecule has 3 aromatic carbocycles. The first-order chi connectivity index (χ1) is 16.9. The van der Waals surface area contributed by atoms with Gasteiger partial charge in [0.05, 0.1) is 12.7 Å². The van der Waals surface area contributed by atoms with Gasteiger partial charge in [-0.15, -0.1) is 0 Å². The lowest BCUT2D eigenvalue weighted by molar-refractivity contribution is -0.137. The van der Waals surface area contributed by atoms with Crippen LogP contribution in [0.4, 0.5) is 18.9 Å². The summed E-state index contributed by atoms with van der Waals surface area (Å²) in [5, 5.41) is 11.7. The van der Waals surface area contributed by atoms with Crippen molar-refractivity contribution in [3.05, 3.63) is 89.0 Å². The molecular weight excluding hydrogens is 497 g/mol. The minimum absolute atomic E-state index is 0.0437. The van der Waals surface area contributed by atoms with Crippen molar-refractivity contribution in [3.8, 4) is 17.6 Å².